The summed E-state index contributed by atoms with van der Waals surface area (Å²) >= 11 is 3.40. The molecule has 0 atom stereocenters. The molecule has 0 unspecified atom stereocenters. The molecule has 1 N–H and O–H groups in total. The molecule has 2 aromatic rings. The predicted molar refractivity (Wildman–Crippen MR) is 76.5 cm³/mol. The van der Waals surface area contributed by atoms with E-state index < -0.39 is 0 Å². The maximum atomic E-state index is 12.2. The number of halogens is 1. The van der Waals surface area contributed by atoms with Crippen molar-refractivity contribution in [3.05, 3.63) is 57.3 Å². The summed E-state index contributed by atoms with van der Waals surface area (Å²) in [4.78, 5) is 12.2. The summed E-state index contributed by atoms with van der Waals surface area (Å²) in [5.41, 5.74) is 6.60. The van der Waals surface area contributed by atoms with E-state index in [-0.39, 0.29) is 5.91 Å². The number of aromatic nitrogens is 1. The van der Waals surface area contributed by atoms with Gasteiger partial charge in [-0.05, 0) is 61.0 Å². The predicted octanol–water partition coefficient (Wildman–Crippen LogP) is 3.56. The molecule has 0 aliphatic carbocycles. The van der Waals surface area contributed by atoms with Crippen molar-refractivity contribution in [1.82, 2.24) is 4.68 Å². The van der Waals surface area contributed by atoms with Crippen LogP contribution in [-0.2, 0) is 0 Å². The Morgan fingerprint density at radius 3 is 2.33 bits per heavy atom. The molecular weight excluding hydrogens is 292 g/mol. The van der Waals surface area contributed by atoms with Crippen LogP contribution in [0, 0.1) is 20.8 Å². The van der Waals surface area contributed by atoms with Gasteiger partial charge in [0.05, 0.1) is 5.56 Å². The molecular formula is C14H15BrN2O. The zero-order valence-electron chi connectivity index (χ0n) is 10.6. The molecule has 3 nitrogen and oxygen atoms in total. The number of carbonyl (C=O) groups is 1. The maximum Gasteiger partial charge on any atom is 0.271 e. The lowest BCUT2D eigenvalue weighted by Gasteiger charge is -2.12. The summed E-state index contributed by atoms with van der Waals surface area (Å²) in [6.07, 6.45) is 0. The largest absolute Gasteiger partial charge is 0.271 e. The summed E-state index contributed by atoms with van der Waals surface area (Å²) in [6.45, 7) is 5.88. The van der Waals surface area contributed by atoms with Crippen LogP contribution in [0.15, 0.2) is 34.8 Å². The second kappa shape index (κ2) is 4.98. The molecule has 0 bridgehead atoms. The fourth-order valence-electron chi connectivity index (χ4n) is 1.82. The zero-order chi connectivity index (χ0) is 13.3. The number of rotatable bonds is 2. The molecule has 1 amide bonds. The number of amides is 1. The van der Waals surface area contributed by atoms with E-state index in [1.807, 2.05) is 51.1 Å². The minimum absolute atomic E-state index is 0.118. The van der Waals surface area contributed by atoms with Crippen LogP contribution in [0.2, 0.25) is 0 Å². The Morgan fingerprint density at radius 2 is 1.72 bits per heavy atom. The first-order valence-corrected chi connectivity index (χ1v) is 6.51. The van der Waals surface area contributed by atoms with Gasteiger partial charge in [0.15, 0.2) is 0 Å². The second-order valence-corrected chi connectivity index (χ2v) is 5.23. The van der Waals surface area contributed by atoms with Gasteiger partial charge in [-0.2, -0.15) is 0 Å². The molecule has 0 spiro atoms. The molecule has 0 aliphatic heterocycles. The summed E-state index contributed by atoms with van der Waals surface area (Å²) in [7, 11) is 0. The lowest BCUT2D eigenvalue weighted by atomic mass is 10.1. The van der Waals surface area contributed by atoms with Gasteiger partial charge in [-0.15, -0.1) is 0 Å². The highest BCUT2D eigenvalue weighted by molar-refractivity contribution is 9.10. The summed E-state index contributed by atoms with van der Waals surface area (Å²) in [6, 6.07) is 9.67. The van der Waals surface area contributed by atoms with E-state index in [1.165, 1.54) is 0 Å². The zero-order valence-corrected chi connectivity index (χ0v) is 12.2. The van der Waals surface area contributed by atoms with Crippen LogP contribution < -0.4 is 5.43 Å². The molecule has 1 aromatic heterocycles. The van der Waals surface area contributed by atoms with Crippen molar-refractivity contribution in [2.75, 3.05) is 5.43 Å². The van der Waals surface area contributed by atoms with Crippen LogP contribution >= 0.6 is 15.9 Å². The Bertz CT molecular complexity index is 582. The van der Waals surface area contributed by atoms with Crippen molar-refractivity contribution >= 4 is 21.8 Å². The minimum Gasteiger partial charge on any atom is -0.267 e. The van der Waals surface area contributed by atoms with Gasteiger partial charge >= 0.3 is 0 Å². The van der Waals surface area contributed by atoms with Crippen molar-refractivity contribution in [2.24, 2.45) is 0 Å². The van der Waals surface area contributed by atoms with Crippen molar-refractivity contribution < 1.29 is 4.79 Å². The SMILES string of the molecule is Cc1ccc(Br)c(C(=O)Nn2c(C)ccc2C)c1. The van der Waals surface area contributed by atoms with Crippen molar-refractivity contribution in [2.45, 2.75) is 20.8 Å². The molecule has 1 heterocycles. The van der Waals surface area contributed by atoms with Gasteiger partial charge < -0.3 is 0 Å². The van der Waals surface area contributed by atoms with Gasteiger partial charge in [-0.3, -0.25) is 14.9 Å². The van der Waals surface area contributed by atoms with Gasteiger partial charge in [0.2, 0.25) is 0 Å². The van der Waals surface area contributed by atoms with Gasteiger partial charge in [-0.1, -0.05) is 11.6 Å². The molecule has 0 aliphatic rings. The Hall–Kier alpha value is -1.55. The van der Waals surface area contributed by atoms with Crippen LogP contribution in [0.4, 0.5) is 0 Å². The number of benzene rings is 1. The molecule has 2 rings (SSSR count). The topological polar surface area (TPSA) is 34.0 Å². The van der Waals surface area contributed by atoms with Crippen molar-refractivity contribution in [3.8, 4) is 0 Å². The van der Waals surface area contributed by atoms with Gasteiger partial charge in [-0.25, -0.2) is 0 Å². The van der Waals surface area contributed by atoms with Crippen molar-refractivity contribution in [3.63, 3.8) is 0 Å². The van der Waals surface area contributed by atoms with E-state index in [9.17, 15) is 4.79 Å². The lowest BCUT2D eigenvalue weighted by Crippen LogP contribution is -2.25. The maximum absolute atomic E-state index is 12.2. The first-order valence-electron chi connectivity index (χ1n) is 5.71. The molecule has 1 aromatic carbocycles. The van der Waals surface area contributed by atoms with Crippen LogP contribution in [0.3, 0.4) is 0 Å². The summed E-state index contributed by atoms with van der Waals surface area (Å²) in [5, 5.41) is 0. The Labute approximate surface area is 115 Å². The third kappa shape index (κ3) is 2.48. The molecule has 94 valence electrons. The molecule has 0 radical (unpaired) electrons. The smallest absolute Gasteiger partial charge is 0.267 e. The number of nitrogens with zero attached hydrogens (tertiary/aromatic N) is 1. The molecule has 4 heteroatoms. The summed E-state index contributed by atoms with van der Waals surface area (Å²) < 4.78 is 2.59. The van der Waals surface area contributed by atoms with Crippen molar-refractivity contribution in [1.29, 1.82) is 0 Å². The standard InChI is InChI=1S/C14H15BrN2O/c1-9-4-7-13(15)12(8-9)14(18)16-17-10(2)5-6-11(17)3/h4-8H,1-3H3,(H,16,18). The van der Waals surface area contributed by atoms with E-state index in [2.05, 4.69) is 21.4 Å². The lowest BCUT2D eigenvalue weighted by molar-refractivity contribution is 0.101. The monoisotopic (exact) mass is 306 g/mol. The number of hydrogen-bond donors (Lipinski definition) is 1. The van der Waals surface area contributed by atoms with E-state index in [1.54, 1.807) is 4.68 Å². The van der Waals surface area contributed by atoms with Crippen LogP contribution in [-0.4, -0.2) is 10.6 Å². The number of nitrogens with one attached hydrogen (secondary N) is 1. The van der Waals surface area contributed by atoms with E-state index in [0.29, 0.717) is 5.56 Å². The first-order chi connectivity index (χ1) is 8.49. The van der Waals surface area contributed by atoms with Gasteiger partial charge in [0.1, 0.15) is 0 Å². The fraction of sp³-hybridized carbons (Fsp3) is 0.214. The Balaban J connectivity index is 2.30. The third-order valence-corrected chi connectivity index (χ3v) is 3.54. The molecule has 0 fully saturated rings. The van der Waals surface area contributed by atoms with Crippen LogP contribution in [0.25, 0.3) is 0 Å². The average molecular weight is 307 g/mol. The first kappa shape index (κ1) is 12.9. The van der Waals surface area contributed by atoms with E-state index >= 15 is 0 Å². The van der Waals surface area contributed by atoms with E-state index in [0.717, 1.165) is 21.4 Å². The van der Waals surface area contributed by atoms with Gasteiger partial charge in [0.25, 0.3) is 5.91 Å². The number of carbonyl (C=O) groups excluding carboxylic acids is 1. The number of aryl methyl sites for hydroxylation is 3. The fourth-order valence-corrected chi connectivity index (χ4v) is 2.25. The second-order valence-electron chi connectivity index (χ2n) is 4.38. The highest BCUT2D eigenvalue weighted by atomic mass is 79.9. The van der Waals surface area contributed by atoms with E-state index in [4.69, 9.17) is 0 Å². The van der Waals surface area contributed by atoms with Crippen LogP contribution in [0.1, 0.15) is 27.3 Å². The minimum atomic E-state index is -0.118. The highest BCUT2D eigenvalue weighted by Gasteiger charge is 2.12. The highest BCUT2D eigenvalue weighted by Crippen LogP contribution is 2.18. The average Bonchev–Trinajstić information content (AvgIpc) is 2.64. The Kier molecular flexibility index (Phi) is 3.57. The summed E-state index contributed by atoms with van der Waals surface area (Å²) in [5.74, 6) is -0.118. The molecule has 18 heavy (non-hydrogen) atoms. The quantitative estimate of drug-likeness (QED) is 0.904. The molecule has 0 saturated carbocycles. The van der Waals surface area contributed by atoms with Gasteiger partial charge in [0, 0.05) is 15.9 Å². The molecule has 0 saturated heterocycles. The Morgan fingerprint density at radius 1 is 1.11 bits per heavy atom. The number of hydrogen-bond acceptors (Lipinski definition) is 1. The third-order valence-electron chi connectivity index (χ3n) is 2.85. The normalized spacial score (nSPS) is 10.4. The van der Waals surface area contributed by atoms with Crippen LogP contribution in [0.5, 0.6) is 0 Å².